The van der Waals surface area contributed by atoms with Crippen LogP contribution in [0.25, 0.3) is 0 Å². The lowest BCUT2D eigenvalue weighted by Crippen LogP contribution is -2.00. The van der Waals surface area contributed by atoms with E-state index in [0.29, 0.717) is 11.5 Å². The molecule has 0 unspecified atom stereocenters. The van der Waals surface area contributed by atoms with Gasteiger partial charge in [0.15, 0.2) is 5.75 Å². The summed E-state index contributed by atoms with van der Waals surface area (Å²) < 4.78 is 7.38. The van der Waals surface area contributed by atoms with Gasteiger partial charge in [-0.25, -0.2) is 4.79 Å². The highest BCUT2D eigenvalue weighted by Crippen LogP contribution is 2.26. The van der Waals surface area contributed by atoms with Crippen LogP contribution in [-0.2, 0) is 6.54 Å². The molecule has 2 rings (SSSR count). The summed E-state index contributed by atoms with van der Waals surface area (Å²) in [6, 6.07) is 5.00. The number of hydrogen-bond acceptors (Lipinski definition) is 3. The summed E-state index contributed by atoms with van der Waals surface area (Å²) in [7, 11) is 0. The summed E-state index contributed by atoms with van der Waals surface area (Å²) in [5.74, 6) is -0.124. The molecule has 0 fully saturated rings. The van der Waals surface area contributed by atoms with Gasteiger partial charge >= 0.3 is 5.97 Å². The van der Waals surface area contributed by atoms with Crippen molar-refractivity contribution in [2.75, 3.05) is 0 Å². The van der Waals surface area contributed by atoms with Crippen molar-refractivity contribution in [2.24, 2.45) is 0 Å². The van der Waals surface area contributed by atoms with Crippen molar-refractivity contribution < 1.29 is 14.6 Å². The molecule has 5 nitrogen and oxygen atoms in total. The zero-order valence-corrected chi connectivity index (χ0v) is 11.0. The largest absolute Gasteiger partial charge is 0.478 e. The third kappa shape index (κ3) is 3.13. The quantitative estimate of drug-likeness (QED) is 0.897. The number of carbonyl (C=O) groups is 1. The van der Waals surface area contributed by atoms with Crippen molar-refractivity contribution in [1.82, 2.24) is 9.78 Å². The minimum atomic E-state index is -1.00. The van der Waals surface area contributed by atoms with Crippen LogP contribution in [0.5, 0.6) is 11.5 Å². The van der Waals surface area contributed by atoms with E-state index in [1.54, 1.807) is 35.3 Å². The molecular weight excluding hydrogens is 244 g/mol. The molecule has 0 aliphatic rings. The molecule has 0 saturated heterocycles. The zero-order chi connectivity index (χ0) is 13.8. The van der Waals surface area contributed by atoms with Crippen molar-refractivity contribution in [1.29, 1.82) is 0 Å². The Kier molecular flexibility index (Phi) is 3.85. The van der Waals surface area contributed by atoms with Gasteiger partial charge in [0.25, 0.3) is 0 Å². The van der Waals surface area contributed by atoms with E-state index in [4.69, 9.17) is 9.84 Å². The second kappa shape index (κ2) is 5.56. The van der Waals surface area contributed by atoms with Crippen LogP contribution in [0.1, 0.15) is 29.3 Å². The van der Waals surface area contributed by atoms with Crippen molar-refractivity contribution in [3.63, 3.8) is 0 Å². The Hall–Kier alpha value is -2.30. The molecule has 19 heavy (non-hydrogen) atoms. The normalized spacial score (nSPS) is 10.4. The first kappa shape index (κ1) is 13.1. The minimum absolute atomic E-state index is 0.147. The Labute approximate surface area is 111 Å². The zero-order valence-electron chi connectivity index (χ0n) is 11.0. The molecule has 0 atom stereocenters. The van der Waals surface area contributed by atoms with Crippen molar-refractivity contribution in [3.05, 3.63) is 41.7 Å². The van der Waals surface area contributed by atoms with E-state index in [1.807, 2.05) is 6.92 Å². The van der Waals surface area contributed by atoms with Crippen molar-refractivity contribution in [2.45, 2.75) is 26.8 Å². The van der Waals surface area contributed by atoms with Crippen LogP contribution in [0.3, 0.4) is 0 Å². The second-order valence-electron chi connectivity index (χ2n) is 4.35. The number of carboxylic acid groups (broad SMARTS) is 1. The van der Waals surface area contributed by atoms with Gasteiger partial charge < -0.3 is 9.84 Å². The maximum Gasteiger partial charge on any atom is 0.339 e. The van der Waals surface area contributed by atoms with Gasteiger partial charge in [0.2, 0.25) is 0 Å². The maximum atomic E-state index is 11.1. The fourth-order valence-electron chi connectivity index (χ4n) is 1.77. The highest BCUT2D eigenvalue weighted by molar-refractivity contribution is 5.91. The molecule has 1 heterocycles. The predicted molar refractivity (Wildman–Crippen MR) is 70.7 cm³/mol. The molecular formula is C14H16N2O3. The number of aromatic carboxylic acids is 1. The number of benzene rings is 1. The molecule has 0 radical (unpaired) electrons. The molecule has 0 spiro atoms. The van der Waals surface area contributed by atoms with Crippen LogP contribution >= 0.6 is 0 Å². The third-order valence-electron chi connectivity index (χ3n) is 2.66. The smallest absolute Gasteiger partial charge is 0.339 e. The Bertz CT molecular complexity index is 590. The lowest BCUT2D eigenvalue weighted by atomic mass is 10.1. The van der Waals surface area contributed by atoms with Crippen molar-refractivity contribution >= 4 is 5.97 Å². The summed E-state index contributed by atoms with van der Waals surface area (Å²) >= 11 is 0. The summed E-state index contributed by atoms with van der Waals surface area (Å²) in [5.41, 5.74) is 1.09. The summed E-state index contributed by atoms with van der Waals surface area (Å²) in [4.78, 5) is 11.1. The molecule has 1 aromatic carbocycles. The van der Waals surface area contributed by atoms with Crippen LogP contribution in [0.4, 0.5) is 0 Å². The highest BCUT2D eigenvalue weighted by atomic mass is 16.5. The molecule has 1 aromatic heterocycles. The van der Waals surface area contributed by atoms with Gasteiger partial charge in [0.1, 0.15) is 11.3 Å². The SMILES string of the molecule is CCCn1cc(Oc2cc(C)ccc2C(=O)O)cn1. The van der Waals surface area contributed by atoms with Crippen molar-refractivity contribution in [3.8, 4) is 11.5 Å². The topological polar surface area (TPSA) is 64.3 Å². The number of rotatable bonds is 5. The predicted octanol–water partition coefficient (Wildman–Crippen LogP) is 3.09. The van der Waals surface area contributed by atoms with Gasteiger partial charge in [-0.15, -0.1) is 0 Å². The van der Waals surface area contributed by atoms with E-state index >= 15 is 0 Å². The molecule has 1 N–H and O–H groups in total. The third-order valence-corrected chi connectivity index (χ3v) is 2.66. The number of carboxylic acids is 1. The fourth-order valence-corrected chi connectivity index (χ4v) is 1.77. The van der Waals surface area contributed by atoms with E-state index in [2.05, 4.69) is 12.0 Å². The number of aromatic nitrogens is 2. The van der Waals surface area contributed by atoms with E-state index in [-0.39, 0.29) is 5.56 Å². The van der Waals surface area contributed by atoms with Gasteiger partial charge in [0, 0.05) is 6.54 Å². The number of nitrogens with zero attached hydrogens (tertiary/aromatic N) is 2. The minimum Gasteiger partial charge on any atom is -0.478 e. The van der Waals surface area contributed by atoms with Gasteiger partial charge in [-0.2, -0.15) is 5.10 Å². The van der Waals surface area contributed by atoms with Crippen LogP contribution in [-0.4, -0.2) is 20.9 Å². The van der Waals surface area contributed by atoms with Crippen LogP contribution in [0, 0.1) is 6.92 Å². The first-order valence-electron chi connectivity index (χ1n) is 6.14. The lowest BCUT2D eigenvalue weighted by molar-refractivity contribution is 0.0694. The van der Waals surface area contributed by atoms with E-state index in [0.717, 1.165) is 18.5 Å². The standard InChI is InChI=1S/C14H16N2O3/c1-3-6-16-9-11(8-15-16)19-13-7-10(2)4-5-12(13)14(17)18/h4-5,7-9H,3,6H2,1-2H3,(H,17,18). The van der Waals surface area contributed by atoms with Gasteiger partial charge in [-0.05, 0) is 31.0 Å². The second-order valence-corrected chi connectivity index (χ2v) is 4.35. The van der Waals surface area contributed by atoms with Crippen LogP contribution in [0.2, 0.25) is 0 Å². The Morgan fingerprint density at radius 2 is 2.26 bits per heavy atom. The Balaban J connectivity index is 2.26. The summed E-state index contributed by atoms with van der Waals surface area (Å²) in [5, 5.41) is 13.3. The number of hydrogen-bond donors (Lipinski definition) is 1. The molecule has 100 valence electrons. The first-order valence-corrected chi connectivity index (χ1v) is 6.14. The number of ether oxygens (including phenoxy) is 1. The molecule has 0 aliphatic carbocycles. The Morgan fingerprint density at radius 1 is 1.47 bits per heavy atom. The molecule has 5 heteroatoms. The fraction of sp³-hybridized carbons (Fsp3) is 0.286. The van der Waals surface area contributed by atoms with E-state index in [1.165, 1.54) is 0 Å². The van der Waals surface area contributed by atoms with E-state index < -0.39 is 5.97 Å². The average molecular weight is 260 g/mol. The van der Waals surface area contributed by atoms with Crippen LogP contribution < -0.4 is 4.74 Å². The Morgan fingerprint density at radius 3 is 2.95 bits per heavy atom. The van der Waals surface area contributed by atoms with Gasteiger partial charge in [-0.1, -0.05) is 13.0 Å². The van der Waals surface area contributed by atoms with E-state index in [9.17, 15) is 4.79 Å². The number of aryl methyl sites for hydroxylation is 2. The molecule has 0 bridgehead atoms. The van der Waals surface area contributed by atoms with Gasteiger partial charge in [-0.3, -0.25) is 4.68 Å². The molecule has 0 amide bonds. The molecule has 0 aliphatic heterocycles. The van der Waals surface area contributed by atoms with Crippen LogP contribution in [0.15, 0.2) is 30.6 Å². The first-order chi connectivity index (χ1) is 9.10. The molecule has 2 aromatic rings. The maximum absolute atomic E-state index is 11.1. The molecule has 0 saturated carbocycles. The monoisotopic (exact) mass is 260 g/mol. The highest BCUT2D eigenvalue weighted by Gasteiger charge is 2.12. The van der Waals surface area contributed by atoms with Gasteiger partial charge in [0.05, 0.1) is 12.4 Å². The average Bonchev–Trinajstić information content (AvgIpc) is 2.77. The lowest BCUT2D eigenvalue weighted by Gasteiger charge is -2.07. The summed E-state index contributed by atoms with van der Waals surface area (Å²) in [6.45, 7) is 4.76. The summed E-state index contributed by atoms with van der Waals surface area (Å²) in [6.07, 6.45) is 4.33.